The van der Waals surface area contributed by atoms with Crippen molar-refractivity contribution in [2.45, 2.75) is 25.7 Å². The van der Waals surface area contributed by atoms with Gasteiger partial charge in [-0.3, -0.25) is 20.0 Å². The number of aromatic nitrogens is 1. The molecule has 0 bridgehead atoms. The van der Waals surface area contributed by atoms with E-state index in [1.807, 2.05) is 6.19 Å². The average molecular weight is 435 g/mol. The third kappa shape index (κ3) is 9.27. The first-order chi connectivity index (χ1) is 14.0. The average Bonchev–Trinajstić information content (AvgIpc) is 2.69. The second-order valence-corrected chi connectivity index (χ2v) is 8.45. The van der Waals surface area contributed by atoms with Crippen molar-refractivity contribution in [2.75, 3.05) is 22.3 Å². The van der Waals surface area contributed by atoms with Crippen LogP contribution in [0.2, 0.25) is 5.02 Å². The number of rotatable bonds is 10. The zero-order valence-electron chi connectivity index (χ0n) is 15.8. The van der Waals surface area contributed by atoms with Gasteiger partial charge in [0, 0.05) is 35.3 Å². The predicted octanol–water partition coefficient (Wildman–Crippen LogP) is 3.58. The molecule has 0 atom stereocenters. The van der Waals surface area contributed by atoms with Gasteiger partial charge in [0.15, 0.2) is 6.19 Å². The molecule has 29 heavy (non-hydrogen) atoms. The number of anilines is 2. The van der Waals surface area contributed by atoms with Gasteiger partial charge in [-0.1, -0.05) is 24.4 Å². The molecule has 0 unspecified atom stereocenters. The van der Waals surface area contributed by atoms with Crippen molar-refractivity contribution in [1.29, 1.82) is 5.26 Å². The molecule has 0 saturated heterocycles. The van der Waals surface area contributed by atoms with Crippen LogP contribution in [-0.2, 0) is 10.0 Å². The van der Waals surface area contributed by atoms with Crippen LogP contribution < -0.4 is 15.4 Å². The number of benzene rings is 1. The first-order valence-corrected chi connectivity index (χ1v) is 11.1. The molecule has 10 heteroatoms. The quantitative estimate of drug-likeness (QED) is 0.173. The first-order valence-electron chi connectivity index (χ1n) is 9.11. The van der Waals surface area contributed by atoms with Gasteiger partial charge in [0.1, 0.15) is 0 Å². The Labute approximate surface area is 176 Å². The maximum atomic E-state index is 12.1. The fraction of sp³-hybridized carbons (Fsp3) is 0.316. The Morgan fingerprint density at radius 2 is 1.72 bits per heavy atom. The molecule has 0 fully saturated rings. The summed E-state index contributed by atoms with van der Waals surface area (Å²) in [6.45, 7) is 0.526. The van der Waals surface area contributed by atoms with E-state index in [2.05, 4.69) is 25.3 Å². The van der Waals surface area contributed by atoms with Crippen molar-refractivity contribution in [3.8, 4) is 6.19 Å². The van der Waals surface area contributed by atoms with E-state index in [1.165, 1.54) is 0 Å². The van der Waals surface area contributed by atoms with Gasteiger partial charge in [-0.2, -0.15) is 5.26 Å². The van der Waals surface area contributed by atoms with Gasteiger partial charge < -0.3 is 5.32 Å². The summed E-state index contributed by atoms with van der Waals surface area (Å²) in [5.41, 5.74) is 1.28. The molecule has 2 aromatic rings. The number of nitrogens with one attached hydrogen (secondary N) is 3. The molecule has 2 rings (SSSR count). The second-order valence-electron chi connectivity index (χ2n) is 6.17. The molecule has 0 saturated carbocycles. The van der Waals surface area contributed by atoms with E-state index in [-0.39, 0.29) is 5.75 Å². The van der Waals surface area contributed by atoms with Crippen LogP contribution in [0.3, 0.4) is 0 Å². The Hall–Kier alpha value is -2.83. The maximum Gasteiger partial charge on any atom is 0.232 e. The van der Waals surface area contributed by atoms with Gasteiger partial charge in [-0.15, -0.1) is 0 Å². The largest absolute Gasteiger partial charge is 0.325 e. The smallest absolute Gasteiger partial charge is 0.232 e. The van der Waals surface area contributed by atoms with Crippen molar-refractivity contribution >= 4 is 39.0 Å². The monoisotopic (exact) mass is 434 g/mol. The highest BCUT2D eigenvalue weighted by molar-refractivity contribution is 7.92. The Balaban J connectivity index is 1.66. The zero-order chi connectivity index (χ0) is 21.0. The fourth-order valence-electron chi connectivity index (χ4n) is 2.43. The molecule has 0 aliphatic rings. The van der Waals surface area contributed by atoms with Gasteiger partial charge in [0.05, 0.1) is 5.75 Å². The van der Waals surface area contributed by atoms with E-state index in [0.717, 1.165) is 24.9 Å². The molecule has 0 aliphatic heterocycles. The van der Waals surface area contributed by atoms with Crippen LogP contribution in [0.25, 0.3) is 0 Å². The van der Waals surface area contributed by atoms with Crippen molar-refractivity contribution in [1.82, 2.24) is 10.3 Å². The number of hydrogen-bond acceptors (Lipinski definition) is 5. The van der Waals surface area contributed by atoms with Crippen LogP contribution in [0.4, 0.5) is 11.4 Å². The van der Waals surface area contributed by atoms with Crippen molar-refractivity contribution < 1.29 is 8.42 Å². The van der Waals surface area contributed by atoms with Crippen LogP contribution in [-0.4, -0.2) is 31.7 Å². The standard InChI is InChI=1S/C19H23ClN6O2S/c20-16-5-7-18(8-6-16)26-29(27,28)14-4-2-1-3-11-23-19(24-15-21)25-17-9-12-22-13-10-17/h5-10,12-13,26H,1-4,11,14H2,(H2,22,23,24,25). The highest BCUT2D eigenvalue weighted by Gasteiger charge is 2.09. The minimum Gasteiger partial charge on any atom is -0.325 e. The maximum absolute atomic E-state index is 12.1. The number of pyridine rings is 1. The lowest BCUT2D eigenvalue weighted by atomic mass is 10.2. The fourth-order valence-corrected chi connectivity index (χ4v) is 3.74. The molecule has 0 amide bonds. The topological polar surface area (TPSA) is 119 Å². The summed E-state index contributed by atoms with van der Waals surface area (Å²) in [7, 11) is -3.38. The van der Waals surface area contributed by atoms with Crippen molar-refractivity contribution in [3.63, 3.8) is 0 Å². The van der Waals surface area contributed by atoms with Crippen LogP contribution in [0, 0.1) is 11.5 Å². The number of nitriles is 1. The summed E-state index contributed by atoms with van der Waals surface area (Å²) in [4.78, 5) is 8.26. The Morgan fingerprint density at radius 1 is 1.03 bits per heavy atom. The molecule has 1 heterocycles. The molecular formula is C19H23ClN6O2S. The number of aliphatic imine (C=N–C) groups is 1. The third-order valence-electron chi connectivity index (χ3n) is 3.83. The molecule has 0 spiro atoms. The lowest BCUT2D eigenvalue weighted by Gasteiger charge is -2.08. The van der Waals surface area contributed by atoms with Crippen LogP contribution in [0.15, 0.2) is 53.8 Å². The van der Waals surface area contributed by atoms with E-state index in [9.17, 15) is 8.42 Å². The van der Waals surface area contributed by atoms with E-state index in [4.69, 9.17) is 16.9 Å². The van der Waals surface area contributed by atoms with Gasteiger partial charge in [-0.05, 0) is 49.2 Å². The lowest BCUT2D eigenvalue weighted by molar-refractivity contribution is 0.593. The highest BCUT2D eigenvalue weighted by atomic mass is 35.5. The summed E-state index contributed by atoms with van der Waals surface area (Å²) in [5.74, 6) is 0.428. The number of hydrogen-bond donors (Lipinski definition) is 3. The molecule has 3 N–H and O–H groups in total. The van der Waals surface area contributed by atoms with Crippen molar-refractivity contribution in [2.24, 2.45) is 4.99 Å². The SMILES string of the molecule is N#CNC(=NCCCCCCS(=O)(=O)Nc1ccc(Cl)cc1)Nc1ccncc1. The molecule has 1 aromatic carbocycles. The van der Waals surface area contributed by atoms with E-state index < -0.39 is 10.0 Å². The minimum atomic E-state index is -3.38. The van der Waals surface area contributed by atoms with Gasteiger partial charge in [-0.25, -0.2) is 8.42 Å². The van der Waals surface area contributed by atoms with E-state index >= 15 is 0 Å². The summed E-state index contributed by atoms with van der Waals surface area (Å²) < 4.78 is 26.7. The van der Waals surface area contributed by atoms with Gasteiger partial charge in [0.2, 0.25) is 16.0 Å². The molecule has 8 nitrogen and oxygen atoms in total. The number of guanidine groups is 1. The Bertz CT molecular complexity index is 927. The van der Waals surface area contributed by atoms with Gasteiger partial charge in [0.25, 0.3) is 0 Å². The summed E-state index contributed by atoms with van der Waals surface area (Å²) in [5, 5.41) is 14.9. The summed E-state index contributed by atoms with van der Waals surface area (Å²) in [6, 6.07) is 10.1. The molecular weight excluding hydrogens is 412 g/mol. The normalized spacial score (nSPS) is 11.5. The van der Waals surface area contributed by atoms with Gasteiger partial charge >= 0.3 is 0 Å². The lowest BCUT2D eigenvalue weighted by Crippen LogP contribution is -2.27. The third-order valence-corrected chi connectivity index (χ3v) is 5.45. The first kappa shape index (κ1) is 22.5. The Kier molecular flexibility index (Phi) is 9.21. The predicted molar refractivity (Wildman–Crippen MR) is 116 cm³/mol. The zero-order valence-corrected chi connectivity index (χ0v) is 17.4. The molecule has 154 valence electrons. The van der Waals surface area contributed by atoms with E-state index in [1.54, 1.807) is 48.8 Å². The molecule has 0 radical (unpaired) electrons. The number of nitrogens with zero attached hydrogens (tertiary/aromatic N) is 3. The number of halogens is 1. The summed E-state index contributed by atoms with van der Waals surface area (Å²) >= 11 is 5.79. The van der Waals surface area contributed by atoms with Crippen LogP contribution in [0.1, 0.15) is 25.7 Å². The number of sulfonamides is 1. The molecule has 1 aromatic heterocycles. The molecule has 0 aliphatic carbocycles. The van der Waals surface area contributed by atoms with Crippen LogP contribution in [0.5, 0.6) is 0 Å². The highest BCUT2D eigenvalue weighted by Crippen LogP contribution is 2.15. The van der Waals surface area contributed by atoms with E-state index in [0.29, 0.717) is 29.6 Å². The minimum absolute atomic E-state index is 0.0593. The van der Waals surface area contributed by atoms with Crippen molar-refractivity contribution in [3.05, 3.63) is 53.8 Å². The number of unbranched alkanes of at least 4 members (excludes halogenated alkanes) is 3. The summed E-state index contributed by atoms with van der Waals surface area (Å²) in [6.07, 6.45) is 8.10. The van der Waals surface area contributed by atoms with Crippen LogP contribution >= 0.6 is 11.6 Å². The Morgan fingerprint density at radius 3 is 2.41 bits per heavy atom. The second kappa shape index (κ2) is 11.9.